The van der Waals surface area contributed by atoms with Gasteiger partial charge in [-0.1, -0.05) is 31.2 Å². The summed E-state index contributed by atoms with van der Waals surface area (Å²) < 4.78 is 5.66. The molecule has 2 heterocycles. The summed E-state index contributed by atoms with van der Waals surface area (Å²) >= 11 is 6.23. The number of carbonyl (C=O) groups excluding carboxylic acids is 1. The van der Waals surface area contributed by atoms with Gasteiger partial charge in [0.25, 0.3) is 0 Å². The van der Waals surface area contributed by atoms with Gasteiger partial charge >= 0.3 is 0 Å². The van der Waals surface area contributed by atoms with Gasteiger partial charge in [-0.05, 0) is 12.1 Å². The zero-order valence-electron chi connectivity index (χ0n) is 12.0. The summed E-state index contributed by atoms with van der Waals surface area (Å²) in [6.07, 6.45) is 2.51. The minimum atomic E-state index is -1.11. The molecule has 1 N–H and O–H groups in total. The third kappa shape index (κ3) is 3.48. The molecule has 0 aliphatic carbocycles. The molecular weight excluding hydrogens is 292 g/mol. The molecule has 0 unspecified atom stereocenters. The number of pyridine rings is 1. The predicted molar refractivity (Wildman–Crippen MR) is 84.3 cm³/mol. The third-order valence-electron chi connectivity index (χ3n) is 3.11. The van der Waals surface area contributed by atoms with E-state index >= 15 is 0 Å². The molecule has 20 heavy (non-hydrogen) atoms. The molecule has 2 rings (SSSR count). The number of carbonyl (C=O) groups is 1. The highest BCUT2D eigenvalue weighted by molar-refractivity contribution is 6.76. The quantitative estimate of drug-likeness (QED) is 0.500. The lowest BCUT2D eigenvalue weighted by Crippen LogP contribution is -2.21. The minimum Gasteiger partial charge on any atom is -0.375 e. The summed E-state index contributed by atoms with van der Waals surface area (Å²) in [6, 6.07) is 2.90. The average Bonchev–Trinajstić information content (AvgIpc) is 2.82. The summed E-state index contributed by atoms with van der Waals surface area (Å²) in [6.45, 7) is 7.90. The van der Waals surface area contributed by atoms with Crippen LogP contribution in [0.1, 0.15) is 16.1 Å². The number of aldehydes is 1. The van der Waals surface area contributed by atoms with E-state index in [0.717, 1.165) is 17.7 Å². The van der Waals surface area contributed by atoms with Crippen molar-refractivity contribution in [2.45, 2.75) is 32.3 Å². The molecule has 0 aromatic carbocycles. The van der Waals surface area contributed by atoms with Crippen LogP contribution in [0.15, 0.2) is 12.3 Å². The number of nitrogens with one attached hydrogen (secondary N) is 1. The second-order valence-electron chi connectivity index (χ2n) is 6.01. The Hall–Kier alpha value is -1.17. The Morgan fingerprint density at radius 2 is 2.20 bits per heavy atom. The number of rotatable bonds is 6. The minimum absolute atomic E-state index is 0.313. The van der Waals surface area contributed by atoms with Crippen molar-refractivity contribution in [2.75, 3.05) is 6.61 Å². The zero-order chi connectivity index (χ0) is 14.8. The molecule has 0 spiro atoms. The molecule has 0 fully saturated rings. The van der Waals surface area contributed by atoms with Gasteiger partial charge in [-0.3, -0.25) is 4.79 Å². The normalized spacial score (nSPS) is 12.0. The SMILES string of the molecule is C[Si](C)(C)CCOCc1nc2[nH]ccc2c(Cl)c1C=O. The number of H-pyrrole nitrogens is 1. The van der Waals surface area contributed by atoms with Crippen LogP contribution in [0.2, 0.25) is 30.7 Å². The number of halogens is 1. The number of hydrogen-bond acceptors (Lipinski definition) is 3. The van der Waals surface area contributed by atoms with Crippen LogP contribution >= 0.6 is 11.6 Å². The summed E-state index contributed by atoms with van der Waals surface area (Å²) in [5.41, 5.74) is 1.70. The molecule has 0 atom stereocenters. The lowest BCUT2D eigenvalue weighted by atomic mass is 10.2. The maximum Gasteiger partial charge on any atom is 0.153 e. The first-order chi connectivity index (χ1) is 9.42. The Morgan fingerprint density at radius 1 is 1.45 bits per heavy atom. The molecule has 0 amide bonds. The molecular formula is C14H19ClN2O2Si. The topological polar surface area (TPSA) is 55.0 Å². The van der Waals surface area contributed by atoms with Crippen LogP contribution in [0, 0.1) is 0 Å². The van der Waals surface area contributed by atoms with E-state index in [1.165, 1.54) is 0 Å². The van der Waals surface area contributed by atoms with Gasteiger partial charge in [-0.15, -0.1) is 0 Å². The molecule has 0 aliphatic rings. The largest absolute Gasteiger partial charge is 0.375 e. The maximum absolute atomic E-state index is 11.2. The van der Waals surface area contributed by atoms with Crippen molar-refractivity contribution >= 4 is 37.0 Å². The summed E-state index contributed by atoms with van der Waals surface area (Å²) in [4.78, 5) is 18.6. The van der Waals surface area contributed by atoms with Crippen molar-refractivity contribution in [1.29, 1.82) is 0 Å². The Labute approximate surface area is 124 Å². The standard InChI is InChI=1S/C14H19ClN2O2Si/c1-20(2,3)7-6-19-9-12-11(8-18)13(15)10-4-5-16-14(10)17-12/h4-5,8H,6-7,9H2,1-3H3,(H,16,17). The van der Waals surface area contributed by atoms with Crippen LogP contribution in [0.4, 0.5) is 0 Å². The number of aromatic nitrogens is 2. The number of fused-ring (bicyclic) bond motifs is 1. The van der Waals surface area contributed by atoms with Gasteiger partial charge in [0.1, 0.15) is 5.65 Å². The molecule has 108 valence electrons. The van der Waals surface area contributed by atoms with Gasteiger partial charge in [0.15, 0.2) is 6.29 Å². The van der Waals surface area contributed by atoms with Crippen LogP contribution in [-0.4, -0.2) is 30.9 Å². The van der Waals surface area contributed by atoms with E-state index in [1.807, 2.05) is 6.07 Å². The second-order valence-corrected chi connectivity index (χ2v) is 12.0. The fraction of sp³-hybridized carbons (Fsp3) is 0.429. The van der Waals surface area contributed by atoms with E-state index in [4.69, 9.17) is 16.3 Å². The van der Waals surface area contributed by atoms with Crippen LogP contribution < -0.4 is 0 Å². The highest BCUT2D eigenvalue weighted by Gasteiger charge is 2.15. The van der Waals surface area contributed by atoms with E-state index in [9.17, 15) is 4.79 Å². The average molecular weight is 311 g/mol. The van der Waals surface area contributed by atoms with Crippen molar-refractivity contribution in [3.05, 3.63) is 28.5 Å². The first kappa shape index (κ1) is 15.2. The summed E-state index contributed by atoms with van der Waals surface area (Å²) in [7, 11) is -1.11. The molecule has 4 nitrogen and oxygen atoms in total. The first-order valence-electron chi connectivity index (χ1n) is 6.61. The highest BCUT2D eigenvalue weighted by atomic mass is 35.5. The summed E-state index contributed by atoms with van der Waals surface area (Å²) in [5.74, 6) is 0. The fourth-order valence-corrected chi connectivity index (χ4v) is 2.94. The number of ether oxygens (including phenoxy) is 1. The zero-order valence-corrected chi connectivity index (χ0v) is 13.8. The first-order valence-corrected chi connectivity index (χ1v) is 10.7. The Kier molecular flexibility index (Phi) is 4.62. The number of hydrogen-bond donors (Lipinski definition) is 1. The van der Waals surface area contributed by atoms with Crippen molar-refractivity contribution in [3.8, 4) is 0 Å². The number of aromatic amines is 1. The van der Waals surface area contributed by atoms with Crippen LogP contribution in [0.5, 0.6) is 0 Å². The van der Waals surface area contributed by atoms with Gasteiger partial charge in [0.2, 0.25) is 0 Å². The second kappa shape index (κ2) is 6.07. The summed E-state index contributed by atoms with van der Waals surface area (Å²) in [5, 5.41) is 1.20. The van der Waals surface area contributed by atoms with Gasteiger partial charge < -0.3 is 9.72 Å². The molecule has 6 heteroatoms. The van der Waals surface area contributed by atoms with Gasteiger partial charge in [-0.25, -0.2) is 4.98 Å². The Balaban J connectivity index is 2.14. The lowest BCUT2D eigenvalue weighted by molar-refractivity contribution is 0.110. The van der Waals surface area contributed by atoms with Crippen molar-refractivity contribution in [1.82, 2.24) is 9.97 Å². The van der Waals surface area contributed by atoms with Gasteiger partial charge in [0.05, 0.1) is 22.9 Å². The van der Waals surface area contributed by atoms with E-state index in [2.05, 4.69) is 29.6 Å². The molecule has 0 radical (unpaired) electrons. The number of nitrogens with zero attached hydrogens (tertiary/aromatic N) is 1. The van der Waals surface area contributed by atoms with Gasteiger partial charge in [0, 0.05) is 26.3 Å². The molecule has 0 saturated carbocycles. The highest BCUT2D eigenvalue weighted by Crippen LogP contribution is 2.27. The Bertz CT molecular complexity index is 619. The molecule has 0 saturated heterocycles. The molecule has 2 aromatic rings. The predicted octanol–water partition coefficient (Wildman–Crippen LogP) is 3.88. The van der Waals surface area contributed by atoms with E-state index in [-0.39, 0.29) is 0 Å². The molecule has 0 aliphatic heterocycles. The monoisotopic (exact) mass is 310 g/mol. The van der Waals surface area contributed by atoms with Gasteiger partial charge in [-0.2, -0.15) is 0 Å². The Morgan fingerprint density at radius 3 is 2.85 bits per heavy atom. The van der Waals surface area contributed by atoms with E-state index in [0.29, 0.717) is 35.1 Å². The van der Waals surface area contributed by atoms with Crippen molar-refractivity contribution < 1.29 is 9.53 Å². The fourth-order valence-electron chi connectivity index (χ4n) is 1.87. The molecule has 0 bridgehead atoms. The maximum atomic E-state index is 11.2. The van der Waals surface area contributed by atoms with Crippen LogP contribution in [-0.2, 0) is 11.3 Å². The molecule has 2 aromatic heterocycles. The van der Waals surface area contributed by atoms with Crippen LogP contribution in [0.25, 0.3) is 11.0 Å². The van der Waals surface area contributed by atoms with Crippen molar-refractivity contribution in [2.24, 2.45) is 0 Å². The third-order valence-corrected chi connectivity index (χ3v) is 5.22. The van der Waals surface area contributed by atoms with E-state index in [1.54, 1.807) is 6.20 Å². The van der Waals surface area contributed by atoms with E-state index < -0.39 is 8.07 Å². The van der Waals surface area contributed by atoms with Crippen LogP contribution in [0.3, 0.4) is 0 Å². The smallest absolute Gasteiger partial charge is 0.153 e. The lowest BCUT2D eigenvalue weighted by Gasteiger charge is -2.15. The van der Waals surface area contributed by atoms with Crippen molar-refractivity contribution in [3.63, 3.8) is 0 Å².